The SMILES string of the molecule is C[C@@H]1C[C@H]2[C@@H]3C[C@H](F)C4=CC(=O)C=C[C@]4(C)[C@@]34O[C@H]4C[C@]2(C)[C@@]1(O)C(=O)COC(=O)C(C)(C)C. The smallest absolute Gasteiger partial charge is 0.311 e. The monoisotopic (exact) mass is 474 g/mol. The summed E-state index contributed by atoms with van der Waals surface area (Å²) in [7, 11) is 0. The summed E-state index contributed by atoms with van der Waals surface area (Å²) in [6.45, 7) is 10.4. The Hall–Kier alpha value is -1.86. The van der Waals surface area contributed by atoms with E-state index in [0.717, 1.165) is 0 Å². The van der Waals surface area contributed by atoms with Gasteiger partial charge < -0.3 is 14.6 Å². The number of hydrogen-bond acceptors (Lipinski definition) is 6. The summed E-state index contributed by atoms with van der Waals surface area (Å²) >= 11 is 0. The summed E-state index contributed by atoms with van der Waals surface area (Å²) in [5.74, 6) is -1.92. The fourth-order valence-electron chi connectivity index (χ4n) is 8.03. The van der Waals surface area contributed by atoms with E-state index < -0.39 is 52.0 Å². The van der Waals surface area contributed by atoms with Crippen molar-refractivity contribution >= 4 is 17.5 Å². The lowest BCUT2D eigenvalue weighted by atomic mass is 9.46. The molecule has 1 N–H and O–H groups in total. The minimum absolute atomic E-state index is 0.142. The molecule has 4 aliphatic carbocycles. The summed E-state index contributed by atoms with van der Waals surface area (Å²) in [5.41, 5.74) is -4.17. The predicted molar refractivity (Wildman–Crippen MR) is 121 cm³/mol. The van der Waals surface area contributed by atoms with E-state index in [1.807, 2.05) is 20.8 Å². The van der Waals surface area contributed by atoms with Gasteiger partial charge in [0.25, 0.3) is 0 Å². The Morgan fingerprint density at radius 1 is 1.24 bits per heavy atom. The van der Waals surface area contributed by atoms with E-state index in [4.69, 9.17) is 9.47 Å². The van der Waals surface area contributed by atoms with Gasteiger partial charge in [0.05, 0.1) is 11.5 Å². The van der Waals surface area contributed by atoms with E-state index in [-0.39, 0.29) is 36.1 Å². The van der Waals surface area contributed by atoms with Gasteiger partial charge in [-0.25, -0.2) is 4.39 Å². The molecule has 3 saturated carbocycles. The molecule has 1 spiro atoms. The van der Waals surface area contributed by atoms with Gasteiger partial charge in [0.2, 0.25) is 5.78 Å². The average Bonchev–Trinajstić information content (AvgIpc) is 3.43. The van der Waals surface area contributed by atoms with Crippen LogP contribution in [0.1, 0.15) is 60.8 Å². The second-order valence-electron chi connectivity index (χ2n) is 12.6. The summed E-state index contributed by atoms with van der Waals surface area (Å²) in [6.07, 6.45) is 4.40. The van der Waals surface area contributed by atoms with Crippen molar-refractivity contribution in [3.05, 3.63) is 23.8 Å². The minimum Gasteiger partial charge on any atom is -0.457 e. The quantitative estimate of drug-likeness (QED) is 0.497. The number of allylic oxidation sites excluding steroid dienone is 2. The number of halogens is 1. The second kappa shape index (κ2) is 6.88. The third kappa shape index (κ3) is 2.71. The first-order chi connectivity index (χ1) is 15.6. The fraction of sp³-hybridized carbons (Fsp3) is 0.741. The molecule has 7 heteroatoms. The highest BCUT2D eigenvalue weighted by atomic mass is 19.1. The molecule has 0 amide bonds. The number of hydrogen-bond donors (Lipinski definition) is 1. The van der Waals surface area contributed by atoms with Crippen LogP contribution in [0.4, 0.5) is 4.39 Å². The Morgan fingerprint density at radius 2 is 1.91 bits per heavy atom. The third-order valence-electron chi connectivity index (χ3n) is 9.87. The number of epoxide rings is 1. The van der Waals surface area contributed by atoms with Gasteiger partial charge in [0.15, 0.2) is 12.4 Å². The van der Waals surface area contributed by atoms with Gasteiger partial charge in [0, 0.05) is 10.8 Å². The molecule has 1 aliphatic heterocycles. The molecule has 34 heavy (non-hydrogen) atoms. The lowest BCUT2D eigenvalue weighted by Gasteiger charge is -2.56. The van der Waals surface area contributed by atoms with E-state index in [1.54, 1.807) is 26.8 Å². The molecule has 6 nitrogen and oxygen atoms in total. The van der Waals surface area contributed by atoms with Crippen LogP contribution in [-0.4, -0.2) is 52.7 Å². The summed E-state index contributed by atoms with van der Waals surface area (Å²) < 4.78 is 27.2. The van der Waals surface area contributed by atoms with E-state index in [2.05, 4.69) is 0 Å². The largest absolute Gasteiger partial charge is 0.457 e. The molecule has 1 heterocycles. The van der Waals surface area contributed by atoms with Gasteiger partial charge in [-0.05, 0) is 82.4 Å². The van der Waals surface area contributed by atoms with Crippen LogP contribution in [0.15, 0.2) is 23.8 Å². The number of rotatable bonds is 3. The van der Waals surface area contributed by atoms with Gasteiger partial charge >= 0.3 is 5.97 Å². The molecular weight excluding hydrogens is 439 g/mol. The van der Waals surface area contributed by atoms with Crippen LogP contribution in [0.5, 0.6) is 0 Å². The second-order valence-corrected chi connectivity index (χ2v) is 12.6. The van der Waals surface area contributed by atoms with Crippen molar-refractivity contribution in [1.82, 2.24) is 0 Å². The first kappa shape index (κ1) is 23.9. The molecule has 0 aromatic heterocycles. The number of carbonyl (C=O) groups is 3. The van der Waals surface area contributed by atoms with Gasteiger partial charge in [-0.2, -0.15) is 0 Å². The maximum atomic E-state index is 15.6. The number of fused-ring (bicyclic) bond motifs is 3. The van der Waals surface area contributed by atoms with Gasteiger partial charge in [-0.15, -0.1) is 0 Å². The average molecular weight is 475 g/mol. The van der Waals surface area contributed by atoms with Crippen molar-refractivity contribution in [2.75, 3.05) is 6.61 Å². The Kier molecular flexibility index (Phi) is 4.83. The number of aliphatic hydroxyl groups is 1. The number of esters is 1. The number of ketones is 2. The minimum atomic E-state index is -1.70. The third-order valence-corrected chi connectivity index (χ3v) is 9.87. The number of alkyl halides is 1. The molecular formula is C27H35FO6. The van der Waals surface area contributed by atoms with Gasteiger partial charge in [0.1, 0.15) is 17.4 Å². The van der Waals surface area contributed by atoms with Crippen molar-refractivity contribution < 1.29 is 33.4 Å². The molecule has 5 rings (SSSR count). The summed E-state index contributed by atoms with van der Waals surface area (Å²) in [4.78, 5) is 37.7. The molecule has 186 valence electrons. The Bertz CT molecular complexity index is 1040. The van der Waals surface area contributed by atoms with Gasteiger partial charge in [-0.1, -0.05) is 19.9 Å². The zero-order valence-electron chi connectivity index (χ0n) is 20.8. The van der Waals surface area contributed by atoms with Crippen molar-refractivity contribution in [2.45, 2.75) is 84.3 Å². The van der Waals surface area contributed by atoms with Crippen LogP contribution >= 0.6 is 0 Å². The topological polar surface area (TPSA) is 93.2 Å². The summed E-state index contributed by atoms with van der Waals surface area (Å²) in [5, 5.41) is 12.0. The molecule has 9 atom stereocenters. The van der Waals surface area contributed by atoms with Crippen LogP contribution in [0.3, 0.4) is 0 Å². The lowest BCUT2D eigenvalue weighted by molar-refractivity contribution is -0.174. The molecule has 1 saturated heterocycles. The van der Waals surface area contributed by atoms with Crippen LogP contribution in [0.25, 0.3) is 0 Å². The zero-order chi connectivity index (χ0) is 25.1. The number of carbonyl (C=O) groups excluding carboxylic acids is 3. The first-order valence-corrected chi connectivity index (χ1v) is 12.3. The molecule has 0 bridgehead atoms. The highest BCUT2D eigenvalue weighted by Gasteiger charge is 2.82. The zero-order valence-corrected chi connectivity index (χ0v) is 20.8. The van der Waals surface area contributed by atoms with E-state index in [0.29, 0.717) is 18.4 Å². The molecule has 5 aliphatic rings. The lowest BCUT2D eigenvalue weighted by Crippen LogP contribution is -2.63. The molecule has 4 fully saturated rings. The van der Waals surface area contributed by atoms with Crippen molar-refractivity contribution in [3.8, 4) is 0 Å². The van der Waals surface area contributed by atoms with E-state index in [9.17, 15) is 19.5 Å². The maximum absolute atomic E-state index is 15.6. The van der Waals surface area contributed by atoms with E-state index >= 15 is 4.39 Å². The molecule has 0 radical (unpaired) electrons. The van der Waals surface area contributed by atoms with Crippen LogP contribution in [-0.2, 0) is 23.9 Å². The number of Topliss-reactive ketones (excluding diaryl/α,β-unsaturated/α-hetero) is 1. The standard InChI is InChI=1S/C27H35FO6/c1-14-9-16-17-11-19(28)18-10-15(29)7-8-24(18,5)27(17)21(34-27)12-25(16,6)26(14,32)20(30)13-33-22(31)23(2,3)4/h7-8,10,14,16-17,19,21,32H,9,11-13H2,1-6H3/t14-,16+,17+,19+,21+,24+,25+,26+,27-/m1/s1. The summed E-state index contributed by atoms with van der Waals surface area (Å²) in [6, 6.07) is 0. The Morgan fingerprint density at radius 3 is 2.56 bits per heavy atom. The molecule has 0 aromatic carbocycles. The Balaban J connectivity index is 1.48. The molecule has 0 aromatic rings. The highest BCUT2D eigenvalue weighted by molar-refractivity contribution is 6.01. The van der Waals surface area contributed by atoms with Crippen LogP contribution in [0.2, 0.25) is 0 Å². The van der Waals surface area contributed by atoms with Crippen molar-refractivity contribution in [1.29, 1.82) is 0 Å². The first-order valence-electron chi connectivity index (χ1n) is 12.3. The maximum Gasteiger partial charge on any atom is 0.311 e. The normalized spacial score (nSPS) is 48.8. The molecule has 0 unspecified atom stereocenters. The number of ether oxygens (including phenoxy) is 2. The highest BCUT2D eigenvalue weighted by Crippen LogP contribution is 2.76. The van der Waals surface area contributed by atoms with Crippen molar-refractivity contribution in [3.63, 3.8) is 0 Å². The van der Waals surface area contributed by atoms with Crippen LogP contribution < -0.4 is 0 Å². The Labute approximate surface area is 199 Å². The van der Waals surface area contributed by atoms with Gasteiger partial charge in [-0.3, -0.25) is 14.4 Å². The van der Waals surface area contributed by atoms with Crippen molar-refractivity contribution in [2.24, 2.45) is 34.0 Å². The van der Waals surface area contributed by atoms with E-state index in [1.165, 1.54) is 12.2 Å². The fourth-order valence-corrected chi connectivity index (χ4v) is 8.03. The van der Waals surface area contributed by atoms with Crippen LogP contribution in [0, 0.1) is 34.0 Å². The predicted octanol–water partition coefficient (Wildman–Crippen LogP) is 3.51.